The van der Waals surface area contributed by atoms with E-state index in [0.29, 0.717) is 23.7 Å². The highest BCUT2D eigenvalue weighted by atomic mass is 16.4. The fraction of sp³-hybridized carbons (Fsp3) is 0.200. The molecule has 5 rings (SSSR count). The number of hydrogen-bond acceptors (Lipinski definition) is 5. The summed E-state index contributed by atoms with van der Waals surface area (Å²) < 4.78 is 7.95. The molecule has 8 nitrogen and oxygen atoms in total. The van der Waals surface area contributed by atoms with Crippen LogP contribution in [0.3, 0.4) is 0 Å². The molecule has 0 radical (unpaired) electrons. The number of aromatic nitrogens is 5. The fourth-order valence-corrected chi connectivity index (χ4v) is 4.53. The summed E-state index contributed by atoms with van der Waals surface area (Å²) in [6.45, 7) is 2.84. The maximum Gasteiger partial charge on any atom is 0.338 e. The maximum absolute atomic E-state index is 12.7. The molecule has 0 bridgehead atoms. The van der Waals surface area contributed by atoms with Crippen molar-refractivity contribution >= 4 is 16.9 Å². The first-order chi connectivity index (χ1) is 16.2. The van der Waals surface area contributed by atoms with E-state index >= 15 is 0 Å². The minimum Gasteiger partial charge on any atom is -0.478 e. The van der Waals surface area contributed by atoms with Crippen LogP contribution >= 0.6 is 0 Å². The molecule has 1 atom stereocenters. The first-order valence-corrected chi connectivity index (χ1v) is 10.9. The van der Waals surface area contributed by atoms with Gasteiger partial charge in [-0.1, -0.05) is 61.9 Å². The van der Waals surface area contributed by atoms with Gasteiger partial charge in [0.1, 0.15) is 0 Å². The molecule has 0 fully saturated rings. The van der Waals surface area contributed by atoms with Crippen LogP contribution in [-0.4, -0.2) is 36.3 Å². The van der Waals surface area contributed by atoms with Crippen LogP contribution in [0.25, 0.3) is 22.5 Å². The van der Waals surface area contributed by atoms with E-state index in [1.165, 1.54) is 0 Å². The summed E-state index contributed by atoms with van der Waals surface area (Å²) in [4.78, 5) is 12.7. The number of tetrazole rings is 1. The van der Waals surface area contributed by atoms with E-state index < -0.39 is 11.9 Å². The Morgan fingerprint density at radius 2 is 1.91 bits per heavy atom. The van der Waals surface area contributed by atoms with Crippen LogP contribution in [0.5, 0.6) is 0 Å². The number of para-hydroxylation sites is 1. The van der Waals surface area contributed by atoms with Gasteiger partial charge in [0.2, 0.25) is 5.82 Å². The monoisotopic (exact) mass is 441 g/mol. The predicted molar refractivity (Wildman–Crippen MR) is 123 cm³/mol. The van der Waals surface area contributed by atoms with Crippen molar-refractivity contribution in [3.8, 4) is 11.6 Å². The molecule has 0 aliphatic rings. The number of nitrogens with zero attached hydrogens (tertiary/aromatic N) is 4. The summed E-state index contributed by atoms with van der Waals surface area (Å²) in [5.41, 5.74) is 3.68. The molecule has 1 unspecified atom stereocenters. The van der Waals surface area contributed by atoms with Crippen molar-refractivity contribution in [3.63, 3.8) is 0 Å². The molecule has 8 heteroatoms. The number of hydrogen-bond donors (Lipinski definition) is 2. The van der Waals surface area contributed by atoms with Gasteiger partial charge < -0.3 is 14.1 Å². The molecule has 5 aromatic rings. The molecule has 0 saturated heterocycles. The fourth-order valence-electron chi connectivity index (χ4n) is 4.53. The van der Waals surface area contributed by atoms with Crippen LogP contribution < -0.4 is 0 Å². The van der Waals surface area contributed by atoms with Gasteiger partial charge in [-0.15, -0.1) is 5.10 Å². The zero-order valence-electron chi connectivity index (χ0n) is 18.1. The van der Waals surface area contributed by atoms with Gasteiger partial charge in [0.05, 0.1) is 17.7 Å². The molecule has 3 aromatic heterocycles. The van der Waals surface area contributed by atoms with Crippen LogP contribution in [0.15, 0.2) is 71.3 Å². The quantitative estimate of drug-likeness (QED) is 0.347. The van der Waals surface area contributed by atoms with Gasteiger partial charge in [-0.2, -0.15) is 0 Å². The van der Waals surface area contributed by atoms with E-state index in [1.54, 1.807) is 6.26 Å². The summed E-state index contributed by atoms with van der Waals surface area (Å²) in [5, 5.41) is 25.3. The average molecular weight is 441 g/mol. The second-order valence-corrected chi connectivity index (χ2v) is 7.89. The maximum atomic E-state index is 12.7. The number of carboxylic acid groups (broad SMARTS) is 1. The van der Waals surface area contributed by atoms with Gasteiger partial charge in [-0.05, 0) is 34.5 Å². The smallest absolute Gasteiger partial charge is 0.338 e. The van der Waals surface area contributed by atoms with Crippen LogP contribution in [0.1, 0.15) is 52.9 Å². The van der Waals surface area contributed by atoms with Crippen molar-refractivity contribution in [3.05, 3.63) is 89.3 Å². The van der Waals surface area contributed by atoms with E-state index in [4.69, 9.17) is 4.42 Å². The van der Waals surface area contributed by atoms with Crippen molar-refractivity contribution in [2.24, 2.45) is 0 Å². The summed E-state index contributed by atoms with van der Waals surface area (Å²) in [6, 6.07) is 19.4. The lowest BCUT2D eigenvalue weighted by molar-refractivity contribution is 0.0697. The zero-order valence-corrected chi connectivity index (χ0v) is 18.1. The Morgan fingerprint density at radius 1 is 1.12 bits per heavy atom. The second-order valence-electron chi connectivity index (χ2n) is 7.89. The number of aromatic carboxylic acids is 1. The Labute approximate surface area is 189 Å². The third-order valence-corrected chi connectivity index (χ3v) is 5.93. The van der Waals surface area contributed by atoms with Crippen molar-refractivity contribution < 1.29 is 14.3 Å². The van der Waals surface area contributed by atoms with Crippen molar-refractivity contribution in [1.82, 2.24) is 25.2 Å². The highest BCUT2D eigenvalue weighted by Gasteiger charge is 2.33. The van der Waals surface area contributed by atoms with Gasteiger partial charge in [0, 0.05) is 28.7 Å². The molecule has 3 heterocycles. The van der Waals surface area contributed by atoms with Crippen molar-refractivity contribution in [2.45, 2.75) is 32.2 Å². The largest absolute Gasteiger partial charge is 0.478 e. The number of carbonyl (C=O) groups is 1. The average Bonchev–Trinajstić information content (AvgIpc) is 3.58. The van der Waals surface area contributed by atoms with Crippen LogP contribution in [0.2, 0.25) is 0 Å². The number of rotatable bonds is 8. The number of aromatic amines is 1. The summed E-state index contributed by atoms with van der Waals surface area (Å²) in [6.07, 6.45) is 3.50. The number of H-pyrrole nitrogens is 1. The zero-order chi connectivity index (χ0) is 22.8. The van der Waals surface area contributed by atoms with E-state index in [1.807, 2.05) is 60.7 Å². The molecular formula is C25H23N5O3. The van der Waals surface area contributed by atoms with Gasteiger partial charge in [0.25, 0.3) is 0 Å². The SMILES string of the molecule is CCCCn1c(C(c2ccccc2)c2ccoc2-c2nnn[nH]2)c(C(=O)O)c2ccccc21. The van der Waals surface area contributed by atoms with Crippen molar-refractivity contribution in [1.29, 1.82) is 0 Å². The molecule has 0 amide bonds. The van der Waals surface area contributed by atoms with Crippen LogP contribution in [0, 0.1) is 0 Å². The van der Waals surface area contributed by atoms with E-state index in [9.17, 15) is 9.90 Å². The number of aryl methyl sites for hydroxylation is 1. The number of nitrogens with one attached hydrogen (secondary N) is 1. The molecule has 2 aromatic carbocycles. The standard InChI is InChI=1S/C25H23N5O3/c1-2-3-14-30-19-12-8-7-11-17(19)21(25(31)32)22(30)20(16-9-5-4-6-10-16)18-13-15-33-23(18)24-26-28-29-27-24/h4-13,15,20H,2-3,14H2,1H3,(H,31,32)(H,26,27,28,29). The molecule has 166 valence electrons. The van der Waals surface area contributed by atoms with Gasteiger partial charge in [-0.3, -0.25) is 0 Å². The Kier molecular flexibility index (Phi) is 5.48. The number of carboxylic acids is 1. The van der Waals surface area contributed by atoms with Gasteiger partial charge >= 0.3 is 5.97 Å². The molecule has 0 aliphatic carbocycles. The number of benzene rings is 2. The lowest BCUT2D eigenvalue weighted by Gasteiger charge is -2.22. The summed E-state index contributed by atoms with van der Waals surface area (Å²) >= 11 is 0. The minimum atomic E-state index is -0.955. The van der Waals surface area contributed by atoms with E-state index in [0.717, 1.165) is 40.6 Å². The predicted octanol–water partition coefficient (Wildman–Crippen LogP) is 5.09. The van der Waals surface area contributed by atoms with Crippen LogP contribution in [0.4, 0.5) is 0 Å². The minimum absolute atomic E-state index is 0.304. The lowest BCUT2D eigenvalue weighted by Crippen LogP contribution is -2.15. The lowest BCUT2D eigenvalue weighted by atomic mass is 9.86. The molecule has 0 saturated carbocycles. The molecule has 33 heavy (non-hydrogen) atoms. The van der Waals surface area contributed by atoms with Crippen LogP contribution in [-0.2, 0) is 6.54 Å². The van der Waals surface area contributed by atoms with E-state index in [2.05, 4.69) is 32.1 Å². The first kappa shape index (κ1) is 20.7. The highest BCUT2D eigenvalue weighted by molar-refractivity contribution is 6.05. The number of unbranched alkanes of at least 4 members (excludes halogenated alkanes) is 1. The Bertz CT molecular complexity index is 1390. The third kappa shape index (κ3) is 3.59. The summed E-state index contributed by atoms with van der Waals surface area (Å²) in [5.74, 6) is -0.481. The number of furan rings is 1. The first-order valence-electron chi connectivity index (χ1n) is 10.9. The normalized spacial score (nSPS) is 12.3. The highest BCUT2D eigenvalue weighted by Crippen LogP contribution is 2.42. The molecule has 0 aliphatic heterocycles. The topological polar surface area (TPSA) is 110 Å². The molecule has 0 spiro atoms. The Hall–Kier alpha value is -4.20. The van der Waals surface area contributed by atoms with E-state index in [-0.39, 0.29) is 0 Å². The Balaban J connectivity index is 1.85. The van der Waals surface area contributed by atoms with Gasteiger partial charge in [0.15, 0.2) is 5.76 Å². The number of fused-ring (bicyclic) bond motifs is 1. The molecule has 2 N–H and O–H groups in total. The molecular weight excluding hydrogens is 418 g/mol. The third-order valence-electron chi connectivity index (χ3n) is 5.93. The summed E-state index contributed by atoms with van der Waals surface area (Å²) in [7, 11) is 0. The second kappa shape index (κ2) is 8.74. The van der Waals surface area contributed by atoms with Gasteiger partial charge in [-0.25, -0.2) is 9.89 Å². The van der Waals surface area contributed by atoms with Crippen molar-refractivity contribution in [2.75, 3.05) is 0 Å². The Morgan fingerprint density at radius 3 is 2.64 bits per heavy atom.